The molecule has 1 aromatic carbocycles. The van der Waals surface area contributed by atoms with Gasteiger partial charge >= 0.3 is 6.09 Å². The highest BCUT2D eigenvalue weighted by Crippen LogP contribution is 2.40. The quantitative estimate of drug-likeness (QED) is 0.530. The number of carbonyl (C=O) groups is 2. The maximum Gasteiger partial charge on any atom is 0.412 e. The first-order valence-corrected chi connectivity index (χ1v) is 13.4. The molecule has 34 heavy (non-hydrogen) atoms. The Balaban J connectivity index is 1.71. The van der Waals surface area contributed by atoms with Crippen molar-refractivity contribution in [3.8, 4) is 0 Å². The molecule has 2 fully saturated rings. The Morgan fingerprint density at radius 3 is 2.44 bits per heavy atom. The normalized spacial score (nSPS) is 29.2. The number of aldehydes is 1. The topological polar surface area (TPSA) is 99.2 Å². The van der Waals surface area contributed by atoms with Crippen molar-refractivity contribution >= 4 is 22.2 Å². The first-order valence-electron chi connectivity index (χ1n) is 11.8. The first-order chi connectivity index (χ1) is 15.7. The Labute approximate surface area is 202 Å². The molecule has 2 aliphatic rings. The van der Waals surface area contributed by atoms with E-state index in [2.05, 4.69) is 0 Å². The molecule has 0 radical (unpaired) electrons. The minimum absolute atomic E-state index is 0.0891. The lowest BCUT2D eigenvalue weighted by Crippen LogP contribution is -2.46. The third kappa shape index (κ3) is 6.17. The zero-order chi connectivity index (χ0) is 25.3. The molecule has 0 bridgehead atoms. The maximum absolute atomic E-state index is 13.0. The Hall–Kier alpha value is -1.97. The lowest BCUT2D eigenvalue weighted by molar-refractivity contribution is -0.111. The van der Waals surface area contributed by atoms with Gasteiger partial charge in [-0.05, 0) is 52.7 Å². The van der Waals surface area contributed by atoms with Crippen LogP contribution in [0.1, 0.15) is 54.4 Å². The van der Waals surface area contributed by atoms with E-state index in [-0.39, 0.29) is 41.1 Å². The van der Waals surface area contributed by atoms with E-state index in [1.54, 1.807) is 35.2 Å². The zero-order valence-corrected chi connectivity index (χ0v) is 21.7. The molecular formula is C25H37NO7S. The summed E-state index contributed by atoms with van der Waals surface area (Å²) in [5.41, 5.74) is -1.46. The Bertz CT molecular complexity index is 971. The van der Waals surface area contributed by atoms with Crippen LogP contribution >= 0.6 is 0 Å². The van der Waals surface area contributed by atoms with Crippen molar-refractivity contribution in [2.45, 2.75) is 88.9 Å². The van der Waals surface area contributed by atoms with E-state index < -0.39 is 33.4 Å². The van der Waals surface area contributed by atoms with E-state index >= 15 is 0 Å². The van der Waals surface area contributed by atoms with Gasteiger partial charge in [0.25, 0.3) is 0 Å². The van der Waals surface area contributed by atoms with Gasteiger partial charge in [-0.25, -0.2) is 13.2 Å². The second kappa shape index (κ2) is 9.95. The van der Waals surface area contributed by atoms with Crippen LogP contribution in [0.25, 0.3) is 0 Å². The average molecular weight is 496 g/mol. The summed E-state index contributed by atoms with van der Waals surface area (Å²) in [5, 5.41) is 0. The fourth-order valence-electron chi connectivity index (χ4n) is 4.82. The van der Waals surface area contributed by atoms with Gasteiger partial charge in [0.1, 0.15) is 17.6 Å². The number of hydrogen-bond acceptors (Lipinski definition) is 7. The molecule has 9 heteroatoms. The summed E-state index contributed by atoms with van der Waals surface area (Å²) in [6.45, 7) is 11.4. The minimum atomic E-state index is -3.53. The number of carbonyl (C=O) groups excluding carboxylic acids is 2. The predicted molar refractivity (Wildman–Crippen MR) is 127 cm³/mol. The van der Waals surface area contributed by atoms with Crippen molar-refractivity contribution in [3.05, 3.63) is 30.3 Å². The van der Waals surface area contributed by atoms with Gasteiger partial charge in [-0.2, -0.15) is 0 Å². The highest BCUT2D eigenvalue weighted by molar-refractivity contribution is 7.91. The van der Waals surface area contributed by atoms with Crippen molar-refractivity contribution in [2.24, 2.45) is 11.8 Å². The summed E-state index contributed by atoms with van der Waals surface area (Å²) < 4.78 is 44.0. The molecule has 0 saturated carbocycles. The van der Waals surface area contributed by atoms with Crippen molar-refractivity contribution < 1.29 is 32.2 Å². The molecular weight excluding hydrogens is 458 g/mol. The molecule has 1 amide bonds. The third-order valence-corrected chi connectivity index (χ3v) is 8.35. The van der Waals surface area contributed by atoms with Crippen LogP contribution in [0.2, 0.25) is 0 Å². The van der Waals surface area contributed by atoms with Crippen LogP contribution in [-0.2, 0) is 28.8 Å². The predicted octanol–water partition coefficient (Wildman–Crippen LogP) is 3.83. The number of benzene rings is 1. The van der Waals surface area contributed by atoms with Crippen LogP contribution in [0.5, 0.6) is 0 Å². The van der Waals surface area contributed by atoms with E-state index in [4.69, 9.17) is 14.2 Å². The molecule has 5 atom stereocenters. The van der Waals surface area contributed by atoms with Crippen LogP contribution < -0.4 is 0 Å². The summed E-state index contributed by atoms with van der Waals surface area (Å²) in [4.78, 5) is 25.8. The fourth-order valence-corrected chi connectivity index (χ4v) is 6.61. The molecule has 0 N–H and O–H groups in total. The van der Waals surface area contributed by atoms with E-state index in [0.29, 0.717) is 13.0 Å². The van der Waals surface area contributed by atoms with Crippen LogP contribution in [0.4, 0.5) is 4.79 Å². The first kappa shape index (κ1) is 26.6. The van der Waals surface area contributed by atoms with Gasteiger partial charge in [0.15, 0.2) is 9.84 Å². The number of ether oxygens (including phenoxy) is 3. The Kier molecular flexibility index (Phi) is 7.79. The van der Waals surface area contributed by atoms with Gasteiger partial charge in [0, 0.05) is 18.8 Å². The number of hydrogen-bond donors (Lipinski definition) is 0. The lowest BCUT2D eigenvalue weighted by Gasteiger charge is -2.31. The van der Waals surface area contributed by atoms with E-state index in [1.165, 1.54) is 0 Å². The summed E-state index contributed by atoms with van der Waals surface area (Å²) in [7, 11) is -3.53. The van der Waals surface area contributed by atoms with Crippen molar-refractivity contribution in [1.82, 2.24) is 4.90 Å². The molecule has 2 saturated heterocycles. The van der Waals surface area contributed by atoms with E-state index in [9.17, 15) is 18.0 Å². The lowest BCUT2D eigenvalue weighted by atomic mass is 9.87. The van der Waals surface area contributed by atoms with Gasteiger partial charge in [-0.15, -0.1) is 0 Å². The molecule has 8 nitrogen and oxygen atoms in total. The summed E-state index contributed by atoms with van der Waals surface area (Å²) >= 11 is 0. The summed E-state index contributed by atoms with van der Waals surface area (Å²) in [6, 6.07) is 8.34. The van der Waals surface area contributed by atoms with Gasteiger partial charge in [0.05, 0.1) is 35.5 Å². The van der Waals surface area contributed by atoms with Crippen LogP contribution in [0, 0.1) is 11.8 Å². The highest BCUT2D eigenvalue weighted by atomic mass is 32.2. The number of rotatable bonds is 7. The molecule has 0 spiro atoms. The Morgan fingerprint density at radius 1 is 1.21 bits per heavy atom. The standard InChI is InChI=1S/C25H37NO7S/c1-17-20(16-34(29,30)19-10-8-7-9-11-19)21(12-13-27)31-22(17)14-18-15-26(25(5,6)32-18)23(28)33-24(2,3)4/h7-11,13,17-18,20-22H,12,14-16H2,1-6H3/t17-,18+,20-,21+,22-/m1/s1. The second-order valence-corrected chi connectivity index (χ2v) is 12.8. The number of amides is 1. The average Bonchev–Trinajstić information content (AvgIpc) is 3.18. The Morgan fingerprint density at radius 2 is 1.85 bits per heavy atom. The monoisotopic (exact) mass is 495 g/mol. The van der Waals surface area contributed by atoms with Gasteiger partial charge in [-0.1, -0.05) is 25.1 Å². The largest absolute Gasteiger partial charge is 0.444 e. The molecule has 0 unspecified atom stereocenters. The molecule has 3 rings (SSSR count). The van der Waals surface area contributed by atoms with Crippen LogP contribution in [-0.4, -0.2) is 67.6 Å². The highest BCUT2D eigenvalue weighted by Gasteiger charge is 2.48. The summed E-state index contributed by atoms with van der Waals surface area (Å²) in [6.07, 6.45) is -0.102. The molecule has 1 aromatic rings. The van der Waals surface area contributed by atoms with Gasteiger partial charge in [-0.3, -0.25) is 4.90 Å². The molecule has 0 aromatic heterocycles. The molecule has 2 aliphatic heterocycles. The minimum Gasteiger partial charge on any atom is -0.444 e. The second-order valence-electron chi connectivity index (χ2n) is 10.7. The molecule has 0 aliphatic carbocycles. The van der Waals surface area contributed by atoms with E-state index in [1.807, 2.05) is 41.5 Å². The zero-order valence-electron chi connectivity index (χ0n) is 20.9. The van der Waals surface area contributed by atoms with Crippen LogP contribution in [0.3, 0.4) is 0 Å². The van der Waals surface area contributed by atoms with Crippen molar-refractivity contribution in [3.63, 3.8) is 0 Å². The van der Waals surface area contributed by atoms with Gasteiger partial charge in [0.2, 0.25) is 0 Å². The number of sulfone groups is 1. The van der Waals surface area contributed by atoms with Crippen molar-refractivity contribution in [2.75, 3.05) is 12.3 Å². The van der Waals surface area contributed by atoms with Gasteiger partial charge < -0.3 is 19.0 Å². The maximum atomic E-state index is 13.0. The number of nitrogens with zero attached hydrogens (tertiary/aromatic N) is 1. The third-order valence-electron chi connectivity index (χ3n) is 6.53. The smallest absolute Gasteiger partial charge is 0.412 e. The fraction of sp³-hybridized carbons (Fsp3) is 0.680. The SMILES string of the molecule is C[C@@H]1[C@@H](CS(=O)(=O)c2ccccc2)[C@H](CC=O)O[C@@H]1C[C@H]1CN(C(=O)OC(C)(C)C)C(C)(C)O1. The van der Waals surface area contributed by atoms with Crippen molar-refractivity contribution in [1.29, 1.82) is 0 Å². The molecule has 190 valence electrons. The van der Waals surface area contributed by atoms with Crippen LogP contribution in [0.15, 0.2) is 35.2 Å². The summed E-state index contributed by atoms with van der Waals surface area (Å²) in [5.74, 6) is -0.517. The van der Waals surface area contributed by atoms with E-state index in [0.717, 1.165) is 6.29 Å². The molecule has 2 heterocycles.